The molecule has 13 rings (SSSR count). The topological polar surface area (TPSA) is 8.17 Å². The van der Waals surface area contributed by atoms with E-state index < -0.39 is 0 Å². The van der Waals surface area contributed by atoms with E-state index in [9.17, 15) is 0 Å². The molecule has 12 aromatic rings. The zero-order chi connectivity index (χ0) is 49.2. The van der Waals surface area contributed by atoms with Crippen LogP contribution in [-0.4, -0.2) is 4.57 Å². The molecule has 0 amide bonds. The minimum atomic E-state index is -0.111. The highest BCUT2D eigenvalue weighted by atomic mass is 15.1. The molecule has 0 radical (unpaired) electrons. The molecule has 1 aromatic heterocycles. The molecule has 1 aliphatic rings. The molecule has 0 saturated carbocycles. The highest BCUT2D eigenvalue weighted by Crippen LogP contribution is 2.51. The first-order chi connectivity index (χ1) is 35.7. The second-order valence-electron chi connectivity index (χ2n) is 20.4. The summed E-state index contributed by atoms with van der Waals surface area (Å²) in [5.74, 6) is 0. The second kappa shape index (κ2) is 17.7. The van der Waals surface area contributed by atoms with Gasteiger partial charge in [-0.2, -0.15) is 0 Å². The van der Waals surface area contributed by atoms with Gasteiger partial charge in [-0.1, -0.05) is 190 Å². The number of hydrogen-bond acceptors (Lipinski definition) is 1. The lowest BCUT2D eigenvalue weighted by Crippen LogP contribution is -2.16. The smallest absolute Gasteiger partial charge is 0.0541 e. The molecule has 0 unspecified atom stereocenters. The van der Waals surface area contributed by atoms with Gasteiger partial charge < -0.3 is 9.47 Å². The molecule has 0 spiro atoms. The van der Waals surface area contributed by atoms with E-state index in [0.717, 1.165) is 22.7 Å². The van der Waals surface area contributed by atoms with E-state index in [4.69, 9.17) is 0 Å². The molecule has 0 saturated heterocycles. The van der Waals surface area contributed by atoms with Crippen molar-refractivity contribution in [3.63, 3.8) is 0 Å². The van der Waals surface area contributed by atoms with Crippen LogP contribution in [0, 0.1) is 13.8 Å². The molecule has 0 atom stereocenters. The van der Waals surface area contributed by atoms with Crippen molar-refractivity contribution < 1.29 is 0 Å². The number of rotatable bonds is 9. The highest BCUT2D eigenvalue weighted by Gasteiger charge is 2.35. The number of para-hydroxylation sites is 1. The lowest BCUT2D eigenvalue weighted by Gasteiger charge is -2.28. The molecular formula is C71H54N2. The van der Waals surface area contributed by atoms with Crippen LogP contribution in [0.5, 0.6) is 0 Å². The van der Waals surface area contributed by atoms with Crippen LogP contribution in [0.2, 0.25) is 0 Å². The number of aromatic nitrogens is 1. The minimum absolute atomic E-state index is 0.111. The summed E-state index contributed by atoms with van der Waals surface area (Å²) in [5, 5.41) is 2.47. The van der Waals surface area contributed by atoms with Gasteiger partial charge in [-0.05, 0) is 182 Å². The van der Waals surface area contributed by atoms with Gasteiger partial charge in [-0.25, -0.2) is 0 Å². The predicted octanol–water partition coefficient (Wildman–Crippen LogP) is 19.5. The number of nitrogens with zero attached hydrogens (tertiary/aromatic N) is 2. The molecule has 11 aromatic carbocycles. The van der Waals surface area contributed by atoms with Gasteiger partial charge >= 0.3 is 0 Å². The maximum Gasteiger partial charge on any atom is 0.0541 e. The highest BCUT2D eigenvalue weighted by molar-refractivity contribution is 6.10. The lowest BCUT2D eigenvalue weighted by molar-refractivity contribution is 0.660. The Morgan fingerprint density at radius 2 is 0.767 bits per heavy atom. The molecule has 2 heteroatoms. The van der Waals surface area contributed by atoms with Crippen molar-refractivity contribution in [3.8, 4) is 72.4 Å². The van der Waals surface area contributed by atoms with E-state index in [1.165, 1.54) is 111 Å². The van der Waals surface area contributed by atoms with E-state index in [0.29, 0.717) is 0 Å². The van der Waals surface area contributed by atoms with Gasteiger partial charge in [0.15, 0.2) is 0 Å². The van der Waals surface area contributed by atoms with Gasteiger partial charge in [-0.3, -0.25) is 0 Å². The Morgan fingerprint density at radius 1 is 0.301 bits per heavy atom. The number of aryl methyl sites for hydroxylation is 2. The SMILES string of the molecule is Cc1cc(-c2cccc(-c3ccccc3)c2)cc(-c2cc(C)cc(-n3c4ccccc4c4cc(-c5ccc(N(c6ccc(-c7ccccc7)cc6)c6ccc7c(c6)C(C)(C)c6ccccc6-7)cc5)ccc43)c2)c1. The fourth-order valence-electron chi connectivity index (χ4n) is 11.6. The normalized spacial score (nSPS) is 12.5. The summed E-state index contributed by atoms with van der Waals surface area (Å²) in [6, 6.07) is 94.1. The number of benzene rings is 11. The van der Waals surface area contributed by atoms with Crippen LogP contribution in [0.15, 0.2) is 255 Å². The Morgan fingerprint density at radius 3 is 1.48 bits per heavy atom. The fourth-order valence-corrected chi connectivity index (χ4v) is 11.6. The molecular weight excluding hydrogens is 881 g/mol. The zero-order valence-corrected chi connectivity index (χ0v) is 41.6. The molecule has 0 aliphatic heterocycles. The van der Waals surface area contributed by atoms with Crippen molar-refractivity contribution in [3.05, 3.63) is 277 Å². The third-order valence-electron chi connectivity index (χ3n) is 15.2. The molecule has 2 nitrogen and oxygen atoms in total. The monoisotopic (exact) mass is 934 g/mol. The third kappa shape index (κ3) is 7.84. The van der Waals surface area contributed by atoms with E-state index in [2.05, 4.69) is 292 Å². The van der Waals surface area contributed by atoms with Crippen LogP contribution in [0.4, 0.5) is 17.1 Å². The molecule has 0 N–H and O–H groups in total. The number of anilines is 3. The number of hydrogen-bond donors (Lipinski definition) is 0. The summed E-state index contributed by atoms with van der Waals surface area (Å²) in [6.45, 7) is 9.14. The molecule has 1 heterocycles. The van der Waals surface area contributed by atoms with Crippen LogP contribution in [0.25, 0.3) is 94.3 Å². The second-order valence-corrected chi connectivity index (χ2v) is 20.4. The molecule has 0 fully saturated rings. The molecule has 348 valence electrons. The van der Waals surface area contributed by atoms with Crippen molar-refractivity contribution in [2.75, 3.05) is 4.90 Å². The third-order valence-corrected chi connectivity index (χ3v) is 15.2. The first-order valence-electron chi connectivity index (χ1n) is 25.5. The summed E-state index contributed by atoms with van der Waals surface area (Å²) in [4.78, 5) is 2.41. The predicted molar refractivity (Wildman–Crippen MR) is 310 cm³/mol. The van der Waals surface area contributed by atoms with Crippen molar-refractivity contribution in [2.24, 2.45) is 0 Å². The van der Waals surface area contributed by atoms with Crippen LogP contribution in [-0.2, 0) is 5.41 Å². The lowest BCUT2D eigenvalue weighted by atomic mass is 9.82. The van der Waals surface area contributed by atoms with Crippen molar-refractivity contribution in [2.45, 2.75) is 33.1 Å². The summed E-state index contributed by atoms with van der Waals surface area (Å²) < 4.78 is 2.45. The number of fused-ring (bicyclic) bond motifs is 6. The van der Waals surface area contributed by atoms with Crippen LogP contribution in [0.3, 0.4) is 0 Å². The Bertz CT molecular complexity index is 4050. The van der Waals surface area contributed by atoms with Crippen LogP contribution in [0.1, 0.15) is 36.1 Å². The summed E-state index contributed by atoms with van der Waals surface area (Å²) in [7, 11) is 0. The molecule has 73 heavy (non-hydrogen) atoms. The van der Waals surface area contributed by atoms with Gasteiger partial charge in [0, 0.05) is 38.9 Å². The maximum absolute atomic E-state index is 2.45. The van der Waals surface area contributed by atoms with E-state index >= 15 is 0 Å². The molecule has 1 aliphatic carbocycles. The Kier molecular flexibility index (Phi) is 10.7. The fraction of sp³-hybridized carbons (Fsp3) is 0.0704. The standard InChI is InChI=1S/C71H54N2/c1-47-38-56(54-21-15-20-53(42-54)50-18-9-6-10-19-50)43-57(39-47)58-40-48(2)41-62(44-58)73-69-25-14-12-23-65(69)66-45-55(30-37-70(66)73)52-28-33-60(34-29-52)72(59-31-26-51(27-32-59)49-16-7-5-8-17-49)61-35-36-64-63-22-11-13-24-67(63)71(3,4)68(64)46-61/h5-46H,1-4H3. The van der Waals surface area contributed by atoms with Crippen LogP contribution < -0.4 is 4.90 Å². The minimum Gasteiger partial charge on any atom is -0.310 e. The Balaban J connectivity index is 0.864. The summed E-state index contributed by atoms with van der Waals surface area (Å²) in [6.07, 6.45) is 0. The summed E-state index contributed by atoms with van der Waals surface area (Å²) in [5.41, 5.74) is 26.7. The first-order valence-corrected chi connectivity index (χ1v) is 25.5. The van der Waals surface area contributed by atoms with Gasteiger partial charge in [-0.15, -0.1) is 0 Å². The quantitative estimate of drug-likeness (QED) is 0.140. The maximum atomic E-state index is 2.45. The largest absolute Gasteiger partial charge is 0.310 e. The van der Waals surface area contributed by atoms with Crippen molar-refractivity contribution in [1.82, 2.24) is 4.57 Å². The Hall–Kier alpha value is -8.98. The van der Waals surface area contributed by atoms with E-state index in [-0.39, 0.29) is 5.41 Å². The van der Waals surface area contributed by atoms with Gasteiger partial charge in [0.05, 0.1) is 11.0 Å². The van der Waals surface area contributed by atoms with E-state index in [1.807, 2.05) is 0 Å². The van der Waals surface area contributed by atoms with Gasteiger partial charge in [0.2, 0.25) is 0 Å². The summed E-state index contributed by atoms with van der Waals surface area (Å²) >= 11 is 0. The van der Waals surface area contributed by atoms with Gasteiger partial charge in [0.25, 0.3) is 0 Å². The Labute approximate surface area is 428 Å². The van der Waals surface area contributed by atoms with E-state index in [1.54, 1.807) is 0 Å². The van der Waals surface area contributed by atoms with Crippen molar-refractivity contribution in [1.29, 1.82) is 0 Å². The molecule has 0 bridgehead atoms. The zero-order valence-electron chi connectivity index (χ0n) is 41.6. The van der Waals surface area contributed by atoms with Crippen molar-refractivity contribution >= 4 is 38.9 Å². The first kappa shape index (κ1) is 44.0. The average molecular weight is 935 g/mol. The average Bonchev–Trinajstić information content (AvgIpc) is 3.89. The van der Waals surface area contributed by atoms with Gasteiger partial charge in [0.1, 0.15) is 0 Å². The van der Waals surface area contributed by atoms with Crippen LogP contribution >= 0.6 is 0 Å².